The predicted molar refractivity (Wildman–Crippen MR) is 104 cm³/mol. The first-order chi connectivity index (χ1) is 12.3. The van der Waals surface area contributed by atoms with E-state index in [0.29, 0.717) is 0 Å². The lowest BCUT2D eigenvalue weighted by Crippen LogP contribution is -2.33. The molecular weight excluding hydrogens is 306 g/mol. The molecule has 2 aromatic rings. The molecule has 1 aliphatic carbocycles. The number of aromatic nitrogens is 1. The van der Waals surface area contributed by atoms with Crippen LogP contribution in [0.3, 0.4) is 0 Å². The summed E-state index contributed by atoms with van der Waals surface area (Å²) in [5.41, 5.74) is 3.00. The van der Waals surface area contributed by atoms with Gasteiger partial charge in [-0.05, 0) is 73.9 Å². The molecule has 0 spiro atoms. The summed E-state index contributed by atoms with van der Waals surface area (Å²) in [6, 6.07) is 15.6. The van der Waals surface area contributed by atoms with E-state index in [2.05, 4.69) is 58.2 Å². The van der Waals surface area contributed by atoms with E-state index in [4.69, 9.17) is 0 Å². The second-order valence-corrected chi connectivity index (χ2v) is 7.83. The first-order valence-corrected chi connectivity index (χ1v) is 9.71. The average Bonchev–Trinajstić information content (AvgIpc) is 3.12. The Bertz CT molecular complexity index is 655. The van der Waals surface area contributed by atoms with Gasteiger partial charge >= 0.3 is 0 Å². The molecule has 2 heterocycles. The molecule has 1 aliphatic heterocycles. The van der Waals surface area contributed by atoms with Crippen molar-refractivity contribution >= 4 is 5.82 Å². The molecule has 4 rings (SSSR count). The van der Waals surface area contributed by atoms with Crippen molar-refractivity contribution in [2.75, 3.05) is 31.6 Å². The number of hydrogen-bond acceptors (Lipinski definition) is 3. The van der Waals surface area contributed by atoms with Gasteiger partial charge in [0.05, 0.1) is 0 Å². The molecule has 0 unspecified atom stereocenters. The standard InChI is InChI=1S/C22H29N3/c1-24(22-6-2-3-11-23-22)16-19-14-21(15-19)20-9-7-18(8-10-20)17-25-12-4-5-13-25/h2-3,6-11,19,21H,4-5,12-17H2,1H3. The minimum atomic E-state index is 0.753. The molecule has 0 radical (unpaired) electrons. The summed E-state index contributed by atoms with van der Waals surface area (Å²) in [6.45, 7) is 4.79. The zero-order chi connectivity index (χ0) is 17.1. The van der Waals surface area contributed by atoms with Gasteiger partial charge in [0.25, 0.3) is 0 Å². The fourth-order valence-electron chi connectivity index (χ4n) is 4.31. The van der Waals surface area contributed by atoms with Crippen LogP contribution in [0.4, 0.5) is 5.82 Å². The van der Waals surface area contributed by atoms with Crippen molar-refractivity contribution in [3.8, 4) is 0 Å². The van der Waals surface area contributed by atoms with Crippen molar-refractivity contribution in [2.45, 2.75) is 38.1 Å². The second kappa shape index (κ2) is 7.57. The first kappa shape index (κ1) is 16.6. The lowest BCUT2D eigenvalue weighted by Gasteiger charge is -2.38. The van der Waals surface area contributed by atoms with Gasteiger partial charge in [0.15, 0.2) is 0 Å². The van der Waals surface area contributed by atoms with Crippen LogP contribution in [0, 0.1) is 5.92 Å². The molecule has 1 saturated carbocycles. The number of hydrogen-bond donors (Lipinski definition) is 0. The first-order valence-electron chi connectivity index (χ1n) is 9.71. The lowest BCUT2D eigenvalue weighted by molar-refractivity contribution is 0.269. The third kappa shape index (κ3) is 4.04. The number of benzene rings is 1. The summed E-state index contributed by atoms with van der Waals surface area (Å²) in [5, 5.41) is 0. The van der Waals surface area contributed by atoms with Gasteiger partial charge in [0.2, 0.25) is 0 Å². The van der Waals surface area contributed by atoms with Crippen molar-refractivity contribution in [1.29, 1.82) is 0 Å². The van der Waals surface area contributed by atoms with E-state index in [-0.39, 0.29) is 0 Å². The normalized spacial score (nSPS) is 23.4. The summed E-state index contributed by atoms with van der Waals surface area (Å²) in [4.78, 5) is 9.30. The molecule has 1 aromatic heterocycles. The molecule has 132 valence electrons. The van der Waals surface area contributed by atoms with Gasteiger partial charge in [0.1, 0.15) is 5.82 Å². The molecule has 1 saturated heterocycles. The predicted octanol–water partition coefficient (Wildman–Crippen LogP) is 4.31. The number of anilines is 1. The molecule has 3 heteroatoms. The number of nitrogens with zero attached hydrogens (tertiary/aromatic N) is 3. The Morgan fingerprint density at radius 3 is 2.48 bits per heavy atom. The van der Waals surface area contributed by atoms with Crippen molar-refractivity contribution in [2.24, 2.45) is 5.92 Å². The van der Waals surface area contributed by atoms with Gasteiger partial charge in [-0.1, -0.05) is 30.3 Å². The molecule has 25 heavy (non-hydrogen) atoms. The minimum absolute atomic E-state index is 0.753. The summed E-state index contributed by atoms with van der Waals surface area (Å²) in [6.07, 6.45) is 7.23. The van der Waals surface area contributed by atoms with Gasteiger partial charge in [-0.3, -0.25) is 4.90 Å². The highest BCUT2D eigenvalue weighted by Crippen LogP contribution is 2.42. The van der Waals surface area contributed by atoms with Crippen molar-refractivity contribution in [1.82, 2.24) is 9.88 Å². The lowest BCUT2D eigenvalue weighted by atomic mass is 9.71. The third-order valence-corrected chi connectivity index (χ3v) is 5.86. The summed E-state index contributed by atoms with van der Waals surface area (Å²) < 4.78 is 0. The van der Waals surface area contributed by atoms with Crippen molar-refractivity contribution < 1.29 is 0 Å². The number of rotatable bonds is 6. The Morgan fingerprint density at radius 2 is 1.80 bits per heavy atom. The zero-order valence-corrected chi connectivity index (χ0v) is 15.3. The maximum Gasteiger partial charge on any atom is 0.128 e. The molecule has 1 aromatic carbocycles. The zero-order valence-electron chi connectivity index (χ0n) is 15.3. The Hall–Kier alpha value is -1.87. The number of likely N-dealkylation sites (tertiary alicyclic amines) is 1. The van der Waals surface area contributed by atoms with E-state index in [0.717, 1.165) is 30.7 Å². The topological polar surface area (TPSA) is 19.4 Å². The van der Waals surface area contributed by atoms with Crippen LogP contribution in [-0.4, -0.2) is 36.6 Å². The van der Waals surface area contributed by atoms with Crippen LogP contribution in [0.2, 0.25) is 0 Å². The maximum absolute atomic E-state index is 4.44. The molecule has 0 atom stereocenters. The molecule has 0 N–H and O–H groups in total. The largest absolute Gasteiger partial charge is 0.359 e. The van der Waals surface area contributed by atoms with Gasteiger partial charge in [-0.2, -0.15) is 0 Å². The molecule has 0 amide bonds. The summed E-state index contributed by atoms with van der Waals surface area (Å²) >= 11 is 0. The summed E-state index contributed by atoms with van der Waals surface area (Å²) in [7, 11) is 2.16. The summed E-state index contributed by atoms with van der Waals surface area (Å²) in [5.74, 6) is 2.63. The Balaban J connectivity index is 1.26. The fourth-order valence-corrected chi connectivity index (χ4v) is 4.31. The molecule has 2 aliphatic rings. The highest BCUT2D eigenvalue weighted by Gasteiger charge is 2.31. The van der Waals surface area contributed by atoms with Crippen LogP contribution in [0.25, 0.3) is 0 Å². The van der Waals surface area contributed by atoms with Gasteiger partial charge in [-0.25, -0.2) is 4.98 Å². The molecule has 3 nitrogen and oxygen atoms in total. The number of pyridine rings is 1. The van der Waals surface area contributed by atoms with Crippen molar-refractivity contribution in [3.05, 3.63) is 59.8 Å². The van der Waals surface area contributed by atoms with E-state index < -0.39 is 0 Å². The van der Waals surface area contributed by atoms with E-state index in [1.54, 1.807) is 0 Å². The molecule has 2 fully saturated rings. The quantitative estimate of drug-likeness (QED) is 0.784. The Kier molecular flexibility index (Phi) is 5.02. The molecule has 0 bridgehead atoms. The van der Waals surface area contributed by atoms with Crippen LogP contribution in [0.15, 0.2) is 48.7 Å². The van der Waals surface area contributed by atoms with Crippen LogP contribution in [0.5, 0.6) is 0 Å². The van der Waals surface area contributed by atoms with Crippen LogP contribution in [-0.2, 0) is 6.54 Å². The van der Waals surface area contributed by atoms with Gasteiger partial charge in [-0.15, -0.1) is 0 Å². The van der Waals surface area contributed by atoms with E-state index in [1.165, 1.54) is 49.9 Å². The second-order valence-electron chi connectivity index (χ2n) is 7.83. The van der Waals surface area contributed by atoms with Crippen molar-refractivity contribution in [3.63, 3.8) is 0 Å². The van der Waals surface area contributed by atoms with E-state index >= 15 is 0 Å². The van der Waals surface area contributed by atoms with Crippen LogP contribution >= 0.6 is 0 Å². The van der Waals surface area contributed by atoms with E-state index in [1.807, 2.05) is 12.3 Å². The molecular formula is C22H29N3. The Labute approximate surface area is 151 Å². The smallest absolute Gasteiger partial charge is 0.128 e. The van der Waals surface area contributed by atoms with Crippen LogP contribution < -0.4 is 4.90 Å². The fraction of sp³-hybridized carbons (Fsp3) is 0.500. The maximum atomic E-state index is 4.44. The highest BCUT2D eigenvalue weighted by atomic mass is 15.2. The van der Waals surface area contributed by atoms with Crippen LogP contribution in [0.1, 0.15) is 42.7 Å². The third-order valence-electron chi connectivity index (χ3n) is 5.86. The monoisotopic (exact) mass is 335 g/mol. The average molecular weight is 335 g/mol. The SMILES string of the molecule is CN(CC1CC(c2ccc(CN3CCCC3)cc2)C1)c1ccccn1. The highest BCUT2D eigenvalue weighted by molar-refractivity contribution is 5.37. The minimum Gasteiger partial charge on any atom is -0.359 e. The van der Waals surface area contributed by atoms with E-state index in [9.17, 15) is 0 Å². The Morgan fingerprint density at radius 1 is 1.04 bits per heavy atom. The van der Waals surface area contributed by atoms with Gasteiger partial charge in [0, 0.05) is 26.3 Å². The van der Waals surface area contributed by atoms with Gasteiger partial charge < -0.3 is 4.90 Å².